The van der Waals surface area contributed by atoms with Crippen LogP contribution in [-0.2, 0) is 32.7 Å². The third-order valence-electron chi connectivity index (χ3n) is 6.29. The molecule has 0 spiro atoms. The lowest BCUT2D eigenvalue weighted by Crippen LogP contribution is -2.44. The van der Waals surface area contributed by atoms with Gasteiger partial charge in [0.05, 0.1) is 22.7 Å². The summed E-state index contributed by atoms with van der Waals surface area (Å²) in [4.78, 5) is 49.2. The molecule has 0 bridgehead atoms. The first-order valence-electron chi connectivity index (χ1n) is 11.7. The first-order valence-corrected chi connectivity index (χ1v) is 11.7. The molecule has 10 nitrogen and oxygen atoms in total. The number of hydrogen-bond acceptors (Lipinski definition) is 6. The molecule has 0 aliphatic carbocycles. The van der Waals surface area contributed by atoms with E-state index in [1.165, 1.54) is 9.13 Å². The second-order valence-electron chi connectivity index (χ2n) is 10.0. The number of carbonyl (C=O) groups excluding carboxylic acids is 3. The molecule has 1 fully saturated rings. The van der Waals surface area contributed by atoms with E-state index in [4.69, 9.17) is 4.74 Å². The standard InChI is InChI=1S/C26H27N5O5/c1-26(2,3)36-23(33)14-30-18-7-5-15(11-17(18)13-27-30)16-6-8-19-21(12-16)29(4)25(35)31(19)20-9-10-22(32)28-24(20)34/h5-8,11-13,20H,9-10,14H2,1-4H3,(H,28,32,34). The van der Waals surface area contributed by atoms with Gasteiger partial charge in [0.2, 0.25) is 11.8 Å². The van der Waals surface area contributed by atoms with Gasteiger partial charge in [-0.3, -0.25) is 33.5 Å². The molecule has 5 rings (SSSR count). The van der Waals surface area contributed by atoms with E-state index in [0.29, 0.717) is 11.0 Å². The summed E-state index contributed by atoms with van der Waals surface area (Å²) in [6.45, 7) is 5.49. The molecule has 1 saturated heterocycles. The number of piperidine rings is 1. The minimum Gasteiger partial charge on any atom is -0.459 e. The molecule has 3 heterocycles. The SMILES string of the molecule is Cn1c(=O)n(C2CCC(=O)NC2=O)c2ccc(-c3ccc4c(cnn4CC(=O)OC(C)(C)C)c3)cc21. The van der Waals surface area contributed by atoms with Crippen LogP contribution in [0.25, 0.3) is 33.1 Å². The van der Waals surface area contributed by atoms with E-state index in [1.54, 1.807) is 17.9 Å². The maximum absolute atomic E-state index is 13.0. The highest BCUT2D eigenvalue weighted by Gasteiger charge is 2.31. The molecule has 2 amide bonds. The maximum Gasteiger partial charge on any atom is 0.329 e. The molecule has 4 aromatic rings. The fourth-order valence-corrected chi connectivity index (χ4v) is 4.66. The molecule has 1 aliphatic heterocycles. The molecule has 1 N–H and O–H groups in total. The number of imide groups is 1. The lowest BCUT2D eigenvalue weighted by Gasteiger charge is -2.21. The largest absolute Gasteiger partial charge is 0.459 e. The lowest BCUT2D eigenvalue weighted by molar-refractivity contribution is -0.155. The Morgan fingerprint density at radius 2 is 1.75 bits per heavy atom. The van der Waals surface area contributed by atoms with Crippen LogP contribution in [0, 0.1) is 0 Å². The van der Waals surface area contributed by atoms with Gasteiger partial charge in [0, 0.05) is 18.9 Å². The van der Waals surface area contributed by atoms with Crippen molar-refractivity contribution in [2.45, 2.75) is 51.8 Å². The molecule has 0 radical (unpaired) electrons. The van der Waals surface area contributed by atoms with Gasteiger partial charge in [-0.25, -0.2) is 4.79 Å². The van der Waals surface area contributed by atoms with Gasteiger partial charge in [-0.15, -0.1) is 0 Å². The fourth-order valence-electron chi connectivity index (χ4n) is 4.66. The molecular weight excluding hydrogens is 462 g/mol. The van der Waals surface area contributed by atoms with E-state index in [-0.39, 0.29) is 37.0 Å². The topological polar surface area (TPSA) is 117 Å². The number of aryl methyl sites for hydroxylation is 1. The van der Waals surface area contributed by atoms with E-state index >= 15 is 0 Å². The smallest absolute Gasteiger partial charge is 0.329 e. The summed E-state index contributed by atoms with van der Waals surface area (Å²) < 4.78 is 9.99. The van der Waals surface area contributed by atoms with Crippen LogP contribution in [0.4, 0.5) is 0 Å². The average molecular weight is 490 g/mol. The highest BCUT2D eigenvalue weighted by molar-refractivity contribution is 6.00. The van der Waals surface area contributed by atoms with E-state index in [9.17, 15) is 19.2 Å². The van der Waals surface area contributed by atoms with Gasteiger partial charge in [0.25, 0.3) is 0 Å². The number of rotatable bonds is 4. The van der Waals surface area contributed by atoms with Gasteiger partial charge < -0.3 is 4.74 Å². The predicted molar refractivity (Wildman–Crippen MR) is 133 cm³/mol. The van der Waals surface area contributed by atoms with E-state index < -0.39 is 17.6 Å². The summed E-state index contributed by atoms with van der Waals surface area (Å²) in [6, 6.07) is 10.7. The Kier molecular flexibility index (Phi) is 5.54. The van der Waals surface area contributed by atoms with Crippen LogP contribution in [0.1, 0.15) is 39.7 Å². The highest BCUT2D eigenvalue weighted by atomic mass is 16.6. The van der Waals surface area contributed by atoms with E-state index in [2.05, 4.69) is 10.4 Å². The minimum absolute atomic E-state index is 0.0159. The maximum atomic E-state index is 13.0. The van der Waals surface area contributed by atoms with Crippen molar-refractivity contribution in [1.29, 1.82) is 0 Å². The summed E-state index contributed by atoms with van der Waals surface area (Å²) >= 11 is 0. The van der Waals surface area contributed by atoms with Gasteiger partial charge in [0.15, 0.2) is 0 Å². The Labute approximate surface area is 206 Å². The summed E-state index contributed by atoms with van der Waals surface area (Å²) in [6.07, 6.45) is 2.19. The Morgan fingerprint density at radius 3 is 2.44 bits per heavy atom. The van der Waals surface area contributed by atoms with Gasteiger partial charge in [-0.2, -0.15) is 5.10 Å². The van der Waals surface area contributed by atoms with Crippen molar-refractivity contribution in [3.05, 3.63) is 53.1 Å². The van der Waals surface area contributed by atoms with Gasteiger partial charge >= 0.3 is 11.7 Å². The average Bonchev–Trinajstić information content (AvgIpc) is 3.31. The Morgan fingerprint density at radius 1 is 1.06 bits per heavy atom. The van der Waals surface area contributed by atoms with Crippen LogP contribution in [0.5, 0.6) is 0 Å². The van der Waals surface area contributed by atoms with Crippen LogP contribution in [0.2, 0.25) is 0 Å². The van der Waals surface area contributed by atoms with Crippen molar-refractivity contribution in [3.8, 4) is 11.1 Å². The number of ether oxygens (including phenoxy) is 1. The first kappa shape index (κ1) is 23.5. The molecule has 186 valence electrons. The zero-order valence-corrected chi connectivity index (χ0v) is 20.6. The quantitative estimate of drug-likeness (QED) is 0.348. The molecule has 10 heteroatoms. The van der Waals surface area contributed by atoms with Crippen molar-refractivity contribution in [2.24, 2.45) is 7.05 Å². The number of carbonyl (C=O) groups is 3. The summed E-state index contributed by atoms with van der Waals surface area (Å²) in [7, 11) is 1.67. The first-order chi connectivity index (χ1) is 17.0. The normalized spacial score (nSPS) is 16.5. The predicted octanol–water partition coefficient (Wildman–Crippen LogP) is 2.68. The van der Waals surface area contributed by atoms with Crippen molar-refractivity contribution in [2.75, 3.05) is 0 Å². The number of imidazole rings is 1. The number of esters is 1. The third kappa shape index (κ3) is 4.19. The number of amides is 2. The van der Waals surface area contributed by atoms with Crippen LogP contribution in [0.15, 0.2) is 47.4 Å². The highest BCUT2D eigenvalue weighted by Crippen LogP contribution is 2.29. The Bertz CT molecular complexity index is 1600. The van der Waals surface area contributed by atoms with Crippen LogP contribution in [-0.4, -0.2) is 42.3 Å². The summed E-state index contributed by atoms with van der Waals surface area (Å²) in [5.41, 5.74) is 3.05. The van der Waals surface area contributed by atoms with E-state index in [0.717, 1.165) is 22.0 Å². The van der Waals surface area contributed by atoms with Crippen molar-refractivity contribution in [1.82, 2.24) is 24.2 Å². The molecule has 36 heavy (non-hydrogen) atoms. The van der Waals surface area contributed by atoms with Gasteiger partial charge in [-0.05, 0) is 62.6 Å². The number of nitrogens with one attached hydrogen (secondary N) is 1. The van der Waals surface area contributed by atoms with Crippen molar-refractivity contribution >= 4 is 39.7 Å². The molecule has 1 atom stereocenters. The number of fused-ring (bicyclic) bond motifs is 2. The number of hydrogen-bond donors (Lipinski definition) is 1. The van der Waals surface area contributed by atoms with Crippen molar-refractivity contribution < 1.29 is 19.1 Å². The fraction of sp³-hybridized carbons (Fsp3) is 0.346. The second kappa shape index (κ2) is 8.47. The lowest BCUT2D eigenvalue weighted by atomic mass is 10.0. The molecular formula is C26H27N5O5. The Hall–Kier alpha value is -4.21. The van der Waals surface area contributed by atoms with Gasteiger partial charge in [-0.1, -0.05) is 12.1 Å². The molecule has 0 saturated carbocycles. The number of nitrogens with zero attached hydrogens (tertiary/aromatic N) is 4. The van der Waals surface area contributed by atoms with Crippen LogP contribution in [0.3, 0.4) is 0 Å². The third-order valence-corrected chi connectivity index (χ3v) is 6.29. The molecule has 2 aromatic carbocycles. The molecule has 1 unspecified atom stereocenters. The zero-order valence-electron chi connectivity index (χ0n) is 20.6. The number of aromatic nitrogens is 4. The van der Waals surface area contributed by atoms with Crippen LogP contribution >= 0.6 is 0 Å². The van der Waals surface area contributed by atoms with E-state index in [1.807, 2.05) is 57.2 Å². The second-order valence-corrected chi connectivity index (χ2v) is 10.0. The monoisotopic (exact) mass is 489 g/mol. The number of benzene rings is 2. The van der Waals surface area contributed by atoms with Gasteiger partial charge in [0.1, 0.15) is 18.2 Å². The zero-order chi connectivity index (χ0) is 25.8. The van der Waals surface area contributed by atoms with Crippen molar-refractivity contribution in [3.63, 3.8) is 0 Å². The molecule has 2 aromatic heterocycles. The molecule has 1 aliphatic rings. The summed E-state index contributed by atoms with van der Waals surface area (Å²) in [5, 5.41) is 7.54. The summed E-state index contributed by atoms with van der Waals surface area (Å²) in [5.74, 6) is -1.14. The van der Waals surface area contributed by atoms with Crippen LogP contribution < -0.4 is 11.0 Å². The minimum atomic E-state index is -0.725. The Balaban J connectivity index is 1.48.